The zero-order chi connectivity index (χ0) is 18.4. The lowest BCUT2D eigenvalue weighted by atomic mass is 10.2. The third-order valence-corrected chi connectivity index (χ3v) is 6.14. The maximum absolute atomic E-state index is 13.0. The second-order valence-corrected chi connectivity index (χ2v) is 8.71. The van der Waals surface area contributed by atoms with Crippen molar-refractivity contribution in [2.45, 2.75) is 24.1 Å². The van der Waals surface area contributed by atoms with Crippen molar-refractivity contribution in [2.24, 2.45) is 0 Å². The van der Waals surface area contributed by atoms with E-state index in [4.69, 9.17) is 4.74 Å². The Balaban J connectivity index is 2.11. The molecule has 1 aliphatic rings. The molecule has 25 heavy (non-hydrogen) atoms. The summed E-state index contributed by atoms with van der Waals surface area (Å²) in [5.41, 5.74) is -0.680. The Bertz CT molecular complexity index is 915. The van der Waals surface area contributed by atoms with E-state index in [1.807, 2.05) is 22.6 Å². The fourth-order valence-electron chi connectivity index (χ4n) is 2.56. The summed E-state index contributed by atoms with van der Waals surface area (Å²) in [4.78, 5) is -0.402. The summed E-state index contributed by atoms with van der Waals surface area (Å²) in [5, 5.41) is 0. The summed E-state index contributed by atoms with van der Waals surface area (Å²) < 4.78 is 72.3. The van der Waals surface area contributed by atoms with Gasteiger partial charge in [-0.1, -0.05) is 6.07 Å². The number of halogens is 4. The SMILES string of the molecule is C[C@H]1CN(S(=O)(=O)c2cccc(C(F)(F)F)c2)c2cc(I)ccc2O1. The zero-order valence-electron chi connectivity index (χ0n) is 12.9. The van der Waals surface area contributed by atoms with Gasteiger partial charge in [0.2, 0.25) is 0 Å². The highest BCUT2D eigenvalue weighted by molar-refractivity contribution is 14.1. The lowest BCUT2D eigenvalue weighted by molar-refractivity contribution is -0.137. The van der Waals surface area contributed by atoms with E-state index in [9.17, 15) is 21.6 Å². The van der Waals surface area contributed by atoms with Crippen molar-refractivity contribution in [1.29, 1.82) is 0 Å². The van der Waals surface area contributed by atoms with Crippen molar-refractivity contribution in [3.8, 4) is 5.75 Å². The van der Waals surface area contributed by atoms with Crippen LogP contribution in [0, 0.1) is 3.57 Å². The van der Waals surface area contributed by atoms with Crippen LogP contribution in [-0.2, 0) is 16.2 Å². The summed E-state index contributed by atoms with van der Waals surface area (Å²) >= 11 is 2.03. The fourth-order valence-corrected chi connectivity index (χ4v) is 4.62. The molecule has 0 saturated carbocycles. The molecule has 0 N–H and O–H groups in total. The number of anilines is 1. The second kappa shape index (κ2) is 6.35. The number of hydrogen-bond donors (Lipinski definition) is 0. The Morgan fingerprint density at radius 1 is 1.20 bits per heavy atom. The van der Waals surface area contributed by atoms with Crippen molar-refractivity contribution < 1.29 is 26.3 Å². The Kier molecular flexibility index (Phi) is 4.65. The molecule has 3 rings (SSSR count). The average molecular weight is 483 g/mol. The third kappa shape index (κ3) is 3.57. The molecule has 0 unspecified atom stereocenters. The van der Waals surface area contributed by atoms with Crippen LogP contribution in [-0.4, -0.2) is 21.1 Å². The molecule has 134 valence electrons. The van der Waals surface area contributed by atoms with Gasteiger partial charge in [0.1, 0.15) is 11.9 Å². The Morgan fingerprint density at radius 3 is 2.60 bits per heavy atom. The smallest absolute Gasteiger partial charge is 0.416 e. The minimum atomic E-state index is -4.61. The lowest BCUT2D eigenvalue weighted by Gasteiger charge is -2.34. The molecular formula is C16H13F3INO3S. The van der Waals surface area contributed by atoms with Crippen molar-refractivity contribution in [3.63, 3.8) is 0 Å². The van der Waals surface area contributed by atoms with E-state index in [1.165, 1.54) is 0 Å². The van der Waals surface area contributed by atoms with E-state index in [-0.39, 0.29) is 6.54 Å². The van der Waals surface area contributed by atoms with Crippen LogP contribution in [0.3, 0.4) is 0 Å². The second-order valence-electron chi connectivity index (χ2n) is 5.60. The molecule has 2 aromatic rings. The van der Waals surface area contributed by atoms with Crippen LogP contribution in [0.15, 0.2) is 47.4 Å². The van der Waals surface area contributed by atoms with Gasteiger partial charge in [0.15, 0.2) is 0 Å². The van der Waals surface area contributed by atoms with Crippen LogP contribution >= 0.6 is 22.6 Å². The van der Waals surface area contributed by atoms with Crippen molar-refractivity contribution in [3.05, 3.63) is 51.6 Å². The van der Waals surface area contributed by atoms with Gasteiger partial charge in [-0.25, -0.2) is 8.42 Å². The van der Waals surface area contributed by atoms with Gasteiger partial charge in [0.25, 0.3) is 10.0 Å². The predicted molar refractivity (Wildman–Crippen MR) is 95.2 cm³/mol. The van der Waals surface area contributed by atoms with Gasteiger partial charge in [0, 0.05) is 3.57 Å². The monoisotopic (exact) mass is 483 g/mol. The van der Waals surface area contributed by atoms with E-state index >= 15 is 0 Å². The number of fused-ring (bicyclic) bond motifs is 1. The van der Waals surface area contributed by atoms with Gasteiger partial charge in [-0.05, 0) is 65.9 Å². The van der Waals surface area contributed by atoms with Crippen molar-refractivity contribution >= 4 is 38.3 Å². The van der Waals surface area contributed by atoms with Gasteiger partial charge in [-0.3, -0.25) is 4.31 Å². The van der Waals surface area contributed by atoms with E-state index in [0.717, 1.165) is 26.1 Å². The number of hydrogen-bond acceptors (Lipinski definition) is 3. The highest BCUT2D eigenvalue weighted by Gasteiger charge is 2.36. The molecule has 0 radical (unpaired) electrons. The van der Waals surface area contributed by atoms with Gasteiger partial charge in [0.05, 0.1) is 22.7 Å². The Labute approximate surface area is 156 Å². The highest BCUT2D eigenvalue weighted by Crippen LogP contribution is 2.39. The molecule has 0 aromatic heterocycles. The molecule has 0 spiro atoms. The summed E-state index contributed by atoms with van der Waals surface area (Å²) in [6.07, 6.45) is -5.04. The van der Waals surface area contributed by atoms with Crippen molar-refractivity contribution in [2.75, 3.05) is 10.8 Å². The molecule has 0 fully saturated rings. The first kappa shape index (κ1) is 18.3. The lowest BCUT2D eigenvalue weighted by Crippen LogP contribution is -2.42. The quantitative estimate of drug-likeness (QED) is 0.600. The molecule has 1 atom stereocenters. The van der Waals surface area contributed by atoms with Crippen LogP contribution in [0.25, 0.3) is 0 Å². The van der Waals surface area contributed by atoms with E-state index in [1.54, 1.807) is 25.1 Å². The van der Waals surface area contributed by atoms with E-state index in [0.29, 0.717) is 17.5 Å². The van der Waals surface area contributed by atoms with Crippen LogP contribution < -0.4 is 9.04 Å². The number of benzene rings is 2. The van der Waals surface area contributed by atoms with Crippen molar-refractivity contribution in [1.82, 2.24) is 0 Å². The first-order chi connectivity index (χ1) is 11.6. The molecule has 2 aromatic carbocycles. The fraction of sp³-hybridized carbons (Fsp3) is 0.250. The normalized spacial score (nSPS) is 17.8. The number of alkyl halides is 3. The standard InChI is InChI=1S/C16H13F3INO3S/c1-10-9-21(14-8-12(20)5-6-15(14)24-10)25(22,23)13-4-2-3-11(7-13)16(17,18)19/h2-8,10H,9H2,1H3/t10-/m0/s1. The molecule has 0 bridgehead atoms. The van der Waals surface area contributed by atoms with Gasteiger partial charge < -0.3 is 4.74 Å². The van der Waals surface area contributed by atoms with Crippen LogP contribution in [0.4, 0.5) is 18.9 Å². The maximum Gasteiger partial charge on any atom is 0.416 e. The van der Waals surface area contributed by atoms with E-state index in [2.05, 4.69) is 0 Å². The Morgan fingerprint density at radius 2 is 1.92 bits per heavy atom. The highest BCUT2D eigenvalue weighted by atomic mass is 127. The minimum Gasteiger partial charge on any atom is -0.487 e. The first-order valence-electron chi connectivity index (χ1n) is 7.25. The molecular weight excluding hydrogens is 470 g/mol. The van der Waals surface area contributed by atoms with Gasteiger partial charge >= 0.3 is 6.18 Å². The molecule has 0 aliphatic carbocycles. The molecule has 1 heterocycles. The maximum atomic E-state index is 13.0. The number of sulfonamides is 1. The topological polar surface area (TPSA) is 46.6 Å². The average Bonchev–Trinajstić information content (AvgIpc) is 2.54. The minimum absolute atomic E-state index is 0.0195. The van der Waals surface area contributed by atoms with Gasteiger partial charge in [-0.15, -0.1) is 0 Å². The third-order valence-electron chi connectivity index (χ3n) is 3.69. The molecule has 0 saturated heterocycles. The molecule has 9 heteroatoms. The predicted octanol–water partition coefficient (Wildman–Crippen LogP) is 4.29. The molecule has 4 nitrogen and oxygen atoms in total. The summed E-state index contributed by atoms with van der Waals surface area (Å²) in [5.74, 6) is 0.384. The summed E-state index contributed by atoms with van der Waals surface area (Å²) in [6, 6.07) is 8.81. The summed E-state index contributed by atoms with van der Waals surface area (Å²) in [6.45, 7) is 1.72. The van der Waals surface area contributed by atoms with E-state index < -0.39 is 32.8 Å². The van der Waals surface area contributed by atoms with Crippen LogP contribution in [0.1, 0.15) is 12.5 Å². The number of rotatable bonds is 2. The molecule has 1 aliphatic heterocycles. The van der Waals surface area contributed by atoms with Crippen LogP contribution in [0.2, 0.25) is 0 Å². The van der Waals surface area contributed by atoms with Gasteiger partial charge in [-0.2, -0.15) is 13.2 Å². The largest absolute Gasteiger partial charge is 0.487 e. The number of nitrogens with zero attached hydrogens (tertiary/aromatic N) is 1. The Hall–Kier alpha value is -1.49. The number of ether oxygens (including phenoxy) is 1. The summed E-state index contributed by atoms with van der Waals surface area (Å²) in [7, 11) is -4.16. The zero-order valence-corrected chi connectivity index (χ0v) is 15.9. The first-order valence-corrected chi connectivity index (χ1v) is 9.77. The van der Waals surface area contributed by atoms with Crippen LogP contribution in [0.5, 0.6) is 5.75 Å². The molecule has 0 amide bonds.